The van der Waals surface area contributed by atoms with Gasteiger partial charge < -0.3 is 14.6 Å². The Morgan fingerprint density at radius 2 is 1.92 bits per heavy atom. The largest absolute Gasteiger partial charge is 0.394 e. The minimum atomic E-state index is -0.0851. The molecule has 1 aliphatic rings. The molecule has 1 fully saturated rings. The lowest BCUT2D eigenvalue weighted by atomic mass is 10.3. The van der Waals surface area contributed by atoms with Gasteiger partial charge in [-0.1, -0.05) is 0 Å². The van der Waals surface area contributed by atoms with Gasteiger partial charge in [-0.2, -0.15) is 0 Å². The van der Waals surface area contributed by atoms with Crippen LogP contribution in [0.25, 0.3) is 0 Å². The molecule has 0 spiro atoms. The zero-order chi connectivity index (χ0) is 9.90. The second-order valence-corrected chi connectivity index (χ2v) is 4.20. The van der Waals surface area contributed by atoms with E-state index in [1.807, 2.05) is 13.8 Å². The van der Waals surface area contributed by atoms with E-state index in [4.69, 9.17) is 14.6 Å². The number of aliphatic hydroxyl groups is 1. The van der Waals surface area contributed by atoms with Crippen LogP contribution in [-0.4, -0.2) is 36.1 Å². The van der Waals surface area contributed by atoms with Gasteiger partial charge >= 0.3 is 0 Å². The summed E-state index contributed by atoms with van der Waals surface area (Å²) in [4.78, 5) is 0. The lowest BCUT2D eigenvalue weighted by Crippen LogP contribution is -2.26. The molecule has 3 heteroatoms. The quantitative estimate of drug-likeness (QED) is 0.683. The highest BCUT2D eigenvalue weighted by Crippen LogP contribution is 2.39. The number of ether oxygens (including phenoxy) is 2. The Balaban J connectivity index is 2.07. The van der Waals surface area contributed by atoms with Gasteiger partial charge in [0.2, 0.25) is 0 Å². The van der Waals surface area contributed by atoms with E-state index in [-0.39, 0.29) is 24.4 Å². The minimum absolute atomic E-state index is 0.0734. The van der Waals surface area contributed by atoms with Crippen LogP contribution in [-0.2, 0) is 9.47 Å². The van der Waals surface area contributed by atoms with Gasteiger partial charge in [0.25, 0.3) is 0 Å². The van der Waals surface area contributed by atoms with Crippen molar-refractivity contribution in [2.45, 2.75) is 51.4 Å². The van der Waals surface area contributed by atoms with Crippen LogP contribution >= 0.6 is 0 Å². The molecule has 13 heavy (non-hydrogen) atoms. The van der Waals surface area contributed by atoms with Gasteiger partial charge in [-0.15, -0.1) is 0 Å². The van der Waals surface area contributed by atoms with Gasteiger partial charge in [0.1, 0.15) is 0 Å². The van der Waals surface area contributed by atoms with Crippen LogP contribution in [0.2, 0.25) is 0 Å². The van der Waals surface area contributed by atoms with Crippen molar-refractivity contribution in [2.24, 2.45) is 0 Å². The molecule has 1 saturated carbocycles. The summed E-state index contributed by atoms with van der Waals surface area (Å²) in [6.07, 6.45) is 2.36. The SMILES string of the molecule is CC(CO)OCC(C)OC1(C)CC1. The summed E-state index contributed by atoms with van der Waals surface area (Å²) in [6, 6.07) is 0. The smallest absolute Gasteiger partial charge is 0.0788 e. The molecule has 0 amide bonds. The molecule has 1 rings (SSSR count). The fraction of sp³-hybridized carbons (Fsp3) is 1.00. The highest BCUT2D eigenvalue weighted by atomic mass is 16.6. The topological polar surface area (TPSA) is 38.7 Å². The van der Waals surface area contributed by atoms with Crippen molar-refractivity contribution in [2.75, 3.05) is 13.2 Å². The summed E-state index contributed by atoms with van der Waals surface area (Å²) in [5.41, 5.74) is 0.116. The van der Waals surface area contributed by atoms with Gasteiger partial charge in [-0.25, -0.2) is 0 Å². The van der Waals surface area contributed by atoms with E-state index in [9.17, 15) is 0 Å². The molecule has 0 aliphatic heterocycles. The highest BCUT2D eigenvalue weighted by Gasteiger charge is 2.39. The van der Waals surface area contributed by atoms with E-state index in [2.05, 4.69) is 6.92 Å². The molecule has 0 aromatic heterocycles. The van der Waals surface area contributed by atoms with Crippen LogP contribution < -0.4 is 0 Å². The van der Waals surface area contributed by atoms with Crippen molar-refractivity contribution >= 4 is 0 Å². The van der Waals surface area contributed by atoms with Crippen molar-refractivity contribution in [1.82, 2.24) is 0 Å². The van der Waals surface area contributed by atoms with Gasteiger partial charge in [0, 0.05) is 0 Å². The Hall–Kier alpha value is -0.120. The molecule has 2 atom stereocenters. The third-order valence-electron chi connectivity index (χ3n) is 2.31. The Morgan fingerprint density at radius 3 is 2.38 bits per heavy atom. The number of hydrogen-bond donors (Lipinski definition) is 1. The van der Waals surface area contributed by atoms with Crippen molar-refractivity contribution in [1.29, 1.82) is 0 Å². The lowest BCUT2D eigenvalue weighted by Gasteiger charge is -2.20. The number of hydrogen-bond acceptors (Lipinski definition) is 3. The third-order valence-corrected chi connectivity index (χ3v) is 2.31. The average molecular weight is 188 g/mol. The maximum absolute atomic E-state index is 8.73. The predicted molar refractivity (Wildman–Crippen MR) is 50.7 cm³/mol. The van der Waals surface area contributed by atoms with Crippen LogP contribution in [0.15, 0.2) is 0 Å². The third kappa shape index (κ3) is 4.07. The number of rotatable bonds is 6. The molecule has 1 N–H and O–H groups in total. The van der Waals surface area contributed by atoms with Gasteiger partial charge in [-0.3, -0.25) is 0 Å². The molecule has 0 bridgehead atoms. The zero-order valence-corrected chi connectivity index (χ0v) is 8.75. The van der Waals surface area contributed by atoms with E-state index in [0.29, 0.717) is 6.61 Å². The van der Waals surface area contributed by atoms with Crippen molar-refractivity contribution in [3.63, 3.8) is 0 Å². The summed E-state index contributed by atoms with van der Waals surface area (Å²) < 4.78 is 11.1. The summed E-state index contributed by atoms with van der Waals surface area (Å²) in [7, 11) is 0. The van der Waals surface area contributed by atoms with E-state index >= 15 is 0 Å². The van der Waals surface area contributed by atoms with E-state index in [1.165, 1.54) is 0 Å². The average Bonchev–Trinajstić information content (AvgIpc) is 2.79. The Bertz CT molecular complexity index is 154. The lowest BCUT2D eigenvalue weighted by molar-refractivity contribution is -0.0766. The van der Waals surface area contributed by atoms with Crippen LogP contribution in [0.5, 0.6) is 0 Å². The van der Waals surface area contributed by atoms with E-state index in [1.54, 1.807) is 0 Å². The van der Waals surface area contributed by atoms with Crippen molar-refractivity contribution in [3.05, 3.63) is 0 Å². The zero-order valence-electron chi connectivity index (χ0n) is 8.75. The monoisotopic (exact) mass is 188 g/mol. The van der Waals surface area contributed by atoms with Crippen LogP contribution in [0.4, 0.5) is 0 Å². The molecule has 0 saturated heterocycles. The molecular formula is C10H20O3. The maximum Gasteiger partial charge on any atom is 0.0788 e. The molecule has 0 aromatic rings. The molecule has 0 heterocycles. The standard InChI is InChI=1S/C10H20O3/c1-8(6-11)12-7-9(2)13-10(3)4-5-10/h8-9,11H,4-7H2,1-3H3. The van der Waals surface area contributed by atoms with Gasteiger partial charge in [-0.05, 0) is 33.6 Å². The first-order valence-electron chi connectivity index (χ1n) is 4.96. The Morgan fingerprint density at radius 1 is 1.31 bits per heavy atom. The first-order valence-corrected chi connectivity index (χ1v) is 4.96. The highest BCUT2D eigenvalue weighted by molar-refractivity contribution is 4.91. The Labute approximate surface area is 80.0 Å². The summed E-state index contributed by atoms with van der Waals surface area (Å²) in [5, 5.41) is 8.73. The first-order chi connectivity index (χ1) is 6.06. The Kier molecular flexibility index (Phi) is 3.71. The van der Waals surface area contributed by atoms with Crippen molar-refractivity contribution < 1.29 is 14.6 Å². The van der Waals surface area contributed by atoms with Gasteiger partial charge in [0.15, 0.2) is 0 Å². The second kappa shape index (κ2) is 4.40. The van der Waals surface area contributed by atoms with Gasteiger partial charge in [0.05, 0.1) is 31.0 Å². The summed E-state index contributed by atoms with van der Waals surface area (Å²) in [5.74, 6) is 0. The molecule has 0 radical (unpaired) electrons. The number of aliphatic hydroxyl groups excluding tert-OH is 1. The normalized spacial score (nSPS) is 24.0. The van der Waals surface area contributed by atoms with Crippen LogP contribution in [0, 0.1) is 0 Å². The van der Waals surface area contributed by atoms with Crippen LogP contribution in [0.3, 0.4) is 0 Å². The van der Waals surface area contributed by atoms with Crippen LogP contribution in [0.1, 0.15) is 33.6 Å². The predicted octanol–water partition coefficient (Wildman–Crippen LogP) is 1.34. The maximum atomic E-state index is 8.73. The second-order valence-electron chi connectivity index (χ2n) is 4.20. The van der Waals surface area contributed by atoms with E-state index in [0.717, 1.165) is 12.8 Å². The molecule has 2 unspecified atom stereocenters. The first kappa shape index (κ1) is 11.0. The molecule has 78 valence electrons. The minimum Gasteiger partial charge on any atom is -0.394 e. The fourth-order valence-corrected chi connectivity index (χ4v) is 1.17. The molecule has 0 aromatic carbocycles. The summed E-state index contributed by atoms with van der Waals surface area (Å²) >= 11 is 0. The summed E-state index contributed by atoms with van der Waals surface area (Å²) in [6.45, 7) is 6.62. The molecule has 1 aliphatic carbocycles. The fourth-order valence-electron chi connectivity index (χ4n) is 1.17. The molecular weight excluding hydrogens is 168 g/mol. The van der Waals surface area contributed by atoms with E-state index < -0.39 is 0 Å². The molecule has 3 nitrogen and oxygen atoms in total. The van der Waals surface area contributed by atoms with Crippen molar-refractivity contribution in [3.8, 4) is 0 Å².